The molecule has 0 aliphatic carbocycles. The summed E-state index contributed by atoms with van der Waals surface area (Å²) in [4.78, 5) is 0. The molecule has 9 heavy (non-hydrogen) atoms. The number of rotatable bonds is 0. The summed E-state index contributed by atoms with van der Waals surface area (Å²) in [5, 5.41) is 1.24. The molecule has 0 aliphatic rings. The van der Waals surface area contributed by atoms with Crippen LogP contribution in [0.5, 0.6) is 0 Å². The molecule has 0 N–H and O–H groups in total. The van der Waals surface area contributed by atoms with E-state index in [-0.39, 0.29) is 1.43 Å². The molecule has 2 rings (SSSR count). The van der Waals surface area contributed by atoms with Gasteiger partial charge in [0.2, 0.25) is 0 Å². The van der Waals surface area contributed by atoms with Gasteiger partial charge in [0.1, 0.15) is 0 Å². The fourth-order valence-electron chi connectivity index (χ4n) is 0.810. The third kappa shape index (κ3) is 0.715. The molecule has 2 aromatic rings. The summed E-state index contributed by atoms with van der Waals surface area (Å²) in [6.45, 7) is 0. The molecule has 0 saturated carbocycles. The van der Waals surface area contributed by atoms with E-state index in [1.54, 1.807) is 0 Å². The summed E-state index contributed by atoms with van der Waals surface area (Å²) in [5.41, 5.74) is 0. The second kappa shape index (κ2) is 1.81. The lowest BCUT2D eigenvalue weighted by Gasteiger charge is -1.80. The maximum Gasteiger partial charge on any atom is 1.00 e. The highest BCUT2D eigenvalue weighted by Crippen LogP contribution is 2.15. The van der Waals surface area contributed by atoms with Crippen LogP contribution in [0.3, 0.4) is 0 Å². The zero-order valence-electron chi connectivity index (χ0n) is 5.74. The SMILES string of the molecule is [H+].c1ccc2sncc2c1. The molecule has 1 aromatic heterocycles. The minimum atomic E-state index is 0. The van der Waals surface area contributed by atoms with Crippen LogP contribution in [0.4, 0.5) is 0 Å². The van der Waals surface area contributed by atoms with E-state index in [0.29, 0.717) is 0 Å². The van der Waals surface area contributed by atoms with Gasteiger partial charge in [-0.2, -0.15) is 4.37 Å². The predicted molar refractivity (Wildman–Crippen MR) is 40.7 cm³/mol. The van der Waals surface area contributed by atoms with E-state index in [1.165, 1.54) is 21.6 Å². The third-order valence-electron chi connectivity index (χ3n) is 1.26. The van der Waals surface area contributed by atoms with E-state index in [0.717, 1.165) is 0 Å². The molecule has 0 unspecified atom stereocenters. The summed E-state index contributed by atoms with van der Waals surface area (Å²) < 4.78 is 5.30. The summed E-state index contributed by atoms with van der Waals surface area (Å²) >= 11 is 1.54. The van der Waals surface area contributed by atoms with Crippen molar-refractivity contribution in [1.82, 2.24) is 4.37 Å². The Morgan fingerprint density at radius 1 is 1.33 bits per heavy atom. The van der Waals surface area contributed by atoms with Crippen LogP contribution >= 0.6 is 11.5 Å². The molecule has 0 atom stereocenters. The van der Waals surface area contributed by atoms with Crippen LogP contribution in [0.15, 0.2) is 30.5 Å². The fourth-order valence-corrected chi connectivity index (χ4v) is 1.46. The van der Waals surface area contributed by atoms with Crippen molar-refractivity contribution in [2.24, 2.45) is 0 Å². The van der Waals surface area contributed by atoms with Gasteiger partial charge < -0.3 is 0 Å². The highest BCUT2D eigenvalue weighted by atomic mass is 32.1. The van der Waals surface area contributed by atoms with Gasteiger partial charge in [-0.25, -0.2) is 0 Å². The number of aromatic nitrogens is 1. The molecular formula is C7H6NS+. The zero-order chi connectivity index (χ0) is 6.10. The topological polar surface area (TPSA) is 12.9 Å². The summed E-state index contributed by atoms with van der Waals surface area (Å²) in [6.07, 6.45) is 1.89. The Hall–Kier alpha value is -0.890. The molecule has 0 aliphatic heterocycles. The smallest absolute Gasteiger partial charge is 0.200 e. The van der Waals surface area contributed by atoms with Crippen LogP contribution in [0.25, 0.3) is 10.1 Å². The molecule has 2 heteroatoms. The van der Waals surface area contributed by atoms with Crippen LogP contribution in [-0.4, -0.2) is 4.37 Å². The first-order valence-corrected chi connectivity index (χ1v) is 3.53. The van der Waals surface area contributed by atoms with E-state index in [4.69, 9.17) is 0 Å². The Balaban J connectivity index is 0.000000500. The van der Waals surface area contributed by atoms with Crippen molar-refractivity contribution in [2.75, 3.05) is 0 Å². The molecule has 0 radical (unpaired) electrons. The number of benzene rings is 1. The normalized spacial score (nSPS) is 10.2. The van der Waals surface area contributed by atoms with E-state index in [9.17, 15) is 0 Å². The Morgan fingerprint density at radius 2 is 2.22 bits per heavy atom. The lowest BCUT2D eigenvalue weighted by molar-refractivity contribution is 1.61. The first kappa shape index (κ1) is 4.94. The summed E-state index contributed by atoms with van der Waals surface area (Å²) in [5.74, 6) is 0. The lowest BCUT2D eigenvalue weighted by atomic mass is 10.3. The van der Waals surface area contributed by atoms with Crippen LogP contribution in [-0.2, 0) is 0 Å². The molecule has 1 nitrogen and oxygen atoms in total. The van der Waals surface area contributed by atoms with Gasteiger partial charge in [0.05, 0.1) is 4.70 Å². The maximum atomic E-state index is 4.04. The molecule has 0 fully saturated rings. The fraction of sp³-hybridized carbons (Fsp3) is 0. The highest BCUT2D eigenvalue weighted by molar-refractivity contribution is 7.13. The van der Waals surface area contributed by atoms with Gasteiger partial charge in [0.15, 0.2) is 0 Å². The maximum absolute atomic E-state index is 4.04. The highest BCUT2D eigenvalue weighted by Gasteiger charge is 1.89. The van der Waals surface area contributed by atoms with Crippen LogP contribution in [0.2, 0.25) is 0 Å². The number of fused-ring (bicyclic) bond motifs is 1. The lowest BCUT2D eigenvalue weighted by Crippen LogP contribution is -1.56. The molecule has 1 aromatic carbocycles. The van der Waals surface area contributed by atoms with Crippen molar-refractivity contribution in [3.8, 4) is 0 Å². The molecule has 0 spiro atoms. The van der Waals surface area contributed by atoms with E-state index in [2.05, 4.69) is 16.5 Å². The Labute approximate surface area is 58.6 Å². The molecule has 44 valence electrons. The van der Waals surface area contributed by atoms with Gasteiger partial charge in [0, 0.05) is 11.6 Å². The van der Waals surface area contributed by atoms with Crippen molar-refractivity contribution in [3.63, 3.8) is 0 Å². The minimum absolute atomic E-state index is 0. The predicted octanol–water partition coefficient (Wildman–Crippen LogP) is 2.41. The average molecular weight is 136 g/mol. The molecule has 0 bridgehead atoms. The second-order valence-corrected chi connectivity index (χ2v) is 2.70. The van der Waals surface area contributed by atoms with Gasteiger partial charge >= 0.3 is 1.43 Å². The van der Waals surface area contributed by atoms with Gasteiger partial charge in [0.25, 0.3) is 0 Å². The zero-order valence-corrected chi connectivity index (χ0v) is 5.56. The first-order chi connectivity index (χ1) is 4.47. The van der Waals surface area contributed by atoms with Crippen LogP contribution in [0.1, 0.15) is 1.43 Å². The molecular weight excluding hydrogens is 130 g/mol. The minimum Gasteiger partial charge on any atom is -0.200 e. The van der Waals surface area contributed by atoms with Crippen molar-refractivity contribution < 1.29 is 1.43 Å². The first-order valence-electron chi connectivity index (χ1n) is 2.76. The van der Waals surface area contributed by atoms with E-state index in [1.807, 2.05) is 18.3 Å². The van der Waals surface area contributed by atoms with Crippen molar-refractivity contribution in [3.05, 3.63) is 30.5 Å². The van der Waals surface area contributed by atoms with Gasteiger partial charge in [-0.15, -0.1) is 0 Å². The number of nitrogens with zero attached hydrogens (tertiary/aromatic N) is 1. The Kier molecular flexibility index (Phi) is 0.993. The molecule has 1 heterocycles. The number of hydrogen-bond donors (Lipinski definition) is 0. The third-order valence-corrected chi connectivity index (χ3v) is 2.04. The van der Waals surface area contributed by atoms with E-state index < -0.39 is 0 Å². The van der Waals surface area contributed by atoms with Gasteiger partial charge in [-0.05, 0) is 17.6 Å². The second-order valence-electron chi connectivity index (χ2n) is 1.86. The Morgan fingerprint density at radius 3 is 3.11 bits per heavy atom. The summed E-state index contributed by atoms with van der Waals surface area (Å²) in [6, 6.07) is 8.20. The van der Waals surface area contributed by atoms with Crippen molar-refractivity contribution in [1.29, 1.82) is 0 Å². The standard InChI is InChI=1S/C7H5NS/c1-2-4-7-6(3-1)5-8-9-7/h1-5H/p+1. The quantitative estimate of drug-likeness (QED) is 0.542. The average Bonchev–Trinajstić information content (AvgIpc) is 2.33. The van der Waals surface area contributed by atoms with E-state index >= 15 is 0 Å². The molecule has 0 saturated heterocycles. The molecule has 0 amide bonds. The van der Waals surface area contributed by atoms with Crippen molar-refractivity contribution >= 4 is 21.6 Å². The number of hydrogen-bond acceptors (Lipinski definition) is 2. The van der Waals surface area contributed by atoms with Gasteiger partial charge in [-0.3, -0.25) is 0 Å². The Bertz CT molecular complexity index is 288. The van der Waals surface area contributed by atoms with Crippen LogP contribution in [0, 0.1) is 0 Å². The van der Waals surface area contributed by atoms with Crippen LogP contribution < -0.4 is 0 Å². The monoisotopic (exact) mass is 136 g/mol. The largest absolute Gasteiger partial charge is 1.00 e. The van der Waals surface area contributed by atoms with Crippen molar-refractivity contribution in [2.45, 2.75) is 0 Å². The van der Waals surface area contributed by atoms with Gasteiger partial charge in [-0.1, -0.05) is 18.2 Å². The summed E-state index contributed by atoms with van der Waals surface area (Å²) in [7, 11) is 0.